The Labute approximate surface area is 131 Å². The molecule has 1 saturated carbocycles. The molecule has 0 aliphatic heterocycles. The van der Waals surface area contributed by atoms with Crippen molar-refractivity contribution in [2.24, 2.45) is 11.3 Å². The molecule has 2 atom stereocenters. The van der Waals surface area contributed by atoms with Gasteiger partial charge in [0.05, 0.1) is 0 Å². The van der Waals surface area contributed by atoms with Crippen molar-refractivity contribution in [3.63, 3.8) is 0 Å². The zero-order valence-corrected chi connectivity index (χ0v) is 14.4. The van der Waals surface area contributed by atoms with E-state index in [1.807, 2.05) is 0 Å². The highest BCUT2D eigenvalue weighted by Crippen LogP contribution is 2.46. The molecule has 1 heteroatoms. The van der Waals surface area contributed by atoms with Crippen molar-refractivity contribution in [1.82, 2.24) is 5.32 Å². The number of hydrogen-bond acceptors (Lipinski definition) is 1. The fraction of sp³-hybridized carbons (Fsp3) is 0.700. The molecule has 0 aromatic heterocycles. The van der Waals surface area contributed by atoms with Crippen LogP contribution in [0.25, 0.3) is 0 Å². The van der Waals surface area contributed by atoms with Crippen molar-refractivity contribution in [1.29, 1.82) is 0 Å². The van der Waals surface area contributed by atoms with Crippen LogP contribution in [0.4, 0.5) is 0 Å². The van der Waals surface area contributed by atoms with Gasteiger partial charge in [-0.15, -0.1) is 0 Å². The smallest absolute Gasteiger partial charge is 0.00147 e. The van der Waals surface area contributed by atoms with Gasteiger partial charge in [0, 0.05) is 0 Å². The van der Waals surface area contributed by atoms with E-state index in [1.54, 1.807) is 5.56 Å². The number of benzene rings is 1. The standard InChI is InChI=1S/C20H33N/c1-5-12-21-15-18-10-11-20(3,4)14-19(18)17-9-7-8-16(6-2)13-17/h7-9,13,18-19,21H,5-6,10-12,14-15H2,1-4H3. The third kappa shape index (κ3) is 4.57. The molecule has 1 fully saturated rings. The van der Waals surface area contributed by atoms with Gasteiger partial charge in [-0.3, -0.25) is 0 Å². The maximum absolute atomic E-state index is 3.66. The minimum Gasteiger partial charge on any atom is -0.316 e. The second kappa shape index (κ2) is 7.45. The zero-order chi connectivity index (χ0) is 15.3. The SMILES string of the molecule is CCCNCC1CCC(C)(C)CC1c1cccc(CC)c1. The van der Waals surface area contributed by atoms with Crippen molar-refractivity contribution in [3.05, 3.63) is 35.4 Å². The van der Waals surface area contributed by atoms with Crippen LogP contribution >= 0.6 is 0 Å². The van der Waals surface area contributed by atoms with Gasteiger partial charge < -0.3 is 5.32 Å². The molecule has 1 nitrogen and oxygen atoms in total. The lowest BCUT2D eigenvalue weighted by Gasteiger charge is -2.41. The van der Waals surface area contributed by atoms with Crippen LogP contribution < -0.4 is 5.32 Å². The summed E-state index contributed by atoms with van der Waals surface area (Å²) in [6.07, 6.45) is 6.44. The first-order chi connectivity index (χ1) is 10.1. The van der Waals surface area contributed by atoms with Crippen LogP contribution in [0, 0.1) is 11.3 Å². The Morgan fingerprint density at radius 2 is 2.05 bits per heavy atom. The fourth-order valence-corrected chi connectivity index (χ4v) is 3.78. The molecule has 0 saturated heterocycles. The number of aryl methyl sites for hydroxylation is 1. The number of hydrogen-bond donors (Lipinski definition) is 1. The average molecular weight is 287 g/mol. The Balaban J connectivity index is 2.15. The van der Waals surface area contributed by atoms with Crippen LogP contribution in [-0.2, 0) is 6.42 Å². The molecule has 0 heterocycles. The first kappa shape index (κ1) is 16.5. The van der Waals surface area contributed by atoms with E-state index in [1.165, 1.54) is 37.8 Å². The lowest BCUT2D eigenvalue weighted by Crippen LogP contribution is -2.35. The van der Waals surface area contributed by atoms with E-state index in [4.69, 9.17) is 0 Å². The molecule has 1 aliphatic carbocycles. The van der Waals surface area contributed by atoms with Gasteiger partial charge in [0.25, 0.3) is 0 Å². The van der Waals surface area contributed by atoms with Gasteiger partial charge in [-0.2, -0.15) is 0 Å². The highest BCUT2D eigenvalue weighted by Gasteiger charge is 2.35. The molecular formula is C20H33N. The predicted molar refractivity (Wildman–Crippen MR) is 92.8 cm³/mol. The minimum atomic E-state index is 0.494. The summed E-state index contributed by atoms with van der Waals surface area (Å²) in [5, 5.41) is 3.66. The normalized spacial score (nSPS) is 25.0. The van der Waals surface area contributed by atoms with Crippen molar-refractivity contribution < 1.29 is 0 Å². The molecule has 0 spiro atoms. The largest absolute Gasteiger partial charge is 0.316 e. The maximum Gasteiger partial charge on any atom is -0.00147 e. The third-order valence-electron chi connectivity index (χ3n) is 5.15. The summed E-state index contributed by atoms with van der Waals surface area (Å²) in [6, 6.07) is 9.34. The second-order valence-electron chi connectivity index (χ2n) is 7.58. The van der Waals surface area contributed by atoms with Gasteiger partial charge in [-0.25, -0.2) is 0 Å². The second-order valence-corrected chi connectivity index (χ2v) is 7.58. The Bertz CT molecular complexity index is 435. The molecule has 0 radical (unpaired) electrons. The highest BCUT2D eigenvalue weighted by molar-refractivity contribution is 5.28. The van der Waals surface area contributed by atoms with Crippen molar-refractivity contribution in [2.45, 2.75) is 65.7 Å². The number of nitrogens with one attached hydrogen (secondary N) is 1. The van der Waals surface area contributed by atoms with Crippen LogP contribution in [-0.4, -0.2) is 13.1 Å². The van der Waals surface area contributed by atoms with Crippen LogP contribution in [0.5, 0.6) is 0 Å². The van der Waals surface area contributed by atoms with E-state index in [0.29, 0.717) is 5.41 Å². The third-order valence-corrected chi connectivity index (χ3v) is 5.15. The molecular weight excluding hydrogens is 254 g/mol. The van der Waals surface area contributed by atoms with Crippen LogP contribution in [0.15, 0.2) is 24.3 Å². The van der Waals surface area contributed by atoms with Gasteiger partial charge >= 0.3 is 0 Å². The molecule has 1 N–H and O–H groups in total. The minimum absolute atomic E-state index is 0.494. The molecule has 1 aromatic rings. The quantitative estimate of drug-likeness (QED) is 0.713. The summed E-state index contributed by atoms with van der Waals surface area (Å²) in [7, 11) is 0. The number of rotatable bonds is 6. The van der Waals surface area contributed by atoms with E-state index in [2.05, 4.69) is 57.3 Å². The predicted octanol–water partition coefficient (Wildman–Crippen LogP) is 5.16. The van der Waals surface area contributed by atoms with Gasteiger partial charge in [-0.05, 0) is 73.6 Å². The van der Waals surface area contributed by atoms with E-state index < -0.39 is 0 Å². The first-order valence-corrected chi connectivity index (χ1v) is 8.85. The molecule has 1 aromatic carbocycles. The fourth-order valence-electron chi connectivity index (χ4n) is 3.78. The lowest BCUT2D eigenvalue weighted by atomic mass is 9.65. The van der Waals surface area contributed by atoms with Gasteiger partial charge in [-0.1, -0.05) is 52.0 Å². The van der Waals surface area contributed by atoms with E-state index in [9.17, 15) is 0 Å². The maximum atomic E-state index is 3.66. The summed E-state index contributed by atoms with van der Waals surface area (Å²) >= 11 is 0. The molecule has 118 valence electrons. The Kier molecular flexibility index (Phi) is 5.87. The monoisotopic (exact) mass is 287 g/mol. The Morgan fingerprint density at radius 3 is 2.76 bits per heavy atom. The van der Waals surface area contributed by atoms with E-state index >= 15 is 0 Å². The molecule has 0 amide bonds. The van der Waals surface area contributed by atoms with Gasteiger partial charge in [0.15, 0.2) is 0 Å². The topological polar surface area (TPSA) is 12.0 Å². The summed E-state index contributed by atoms with van der Waals surface area (Å²) in [5.74, 6) is 1.53. The summed E-state index contributed by atoms with van der Waals surface area (Å²) in [6.45, 7) is 11.7. The summed E-state index contributed by atoms with van der Waals surface area (Å²) in [4.78, 5) is 0. The zero-order valence-electron chi connectivity index (χ0n) is 14.4. The highest BCUT2D eigenvalue weighted by atomic mass is 14.9. The molecule has 2 unspecified atom stereocenters. The van der Waals surface area contributed by atoms with Gasteiger partial charge in [0.1, 0.15) is 0 Å². The van der Waals surface area contributed by atoms with Gasteiger partial charge in [0.2, 0.25) is 0 Å². The molecule has 0 bridgehead atoms. The summed E-state index contributed by atoms with van der Waals surface area (Å²) in [5.41, 5.74) is 3.55. The van der Waals surface area contributed by atoms with Crippen LogP contribution in [0.1, 0.15) is 70.4 Å². The lowest BCUT2D eigenvalue weighted by molar-refractivity contribution is 0.160. The summed E-state index contributed by atoms with van der Waals surface area (Å²) < 4.78 is 0. The van der Waals surface area contributed by atoms with Crippen molar-refractivity contribution in [2.75, 3.05) is 13.1 Å². The van der Waals surface area contributed by atoms with Crippen LogP contribution in [0.3, 0.4) is 0 Å². The van der Waals surface area contributed by atoms with E-state index in [-0.39, 0.29) is 0 Å². The molecule has 1 aliphatic rings. The van der Waals surface area contributed by atoms with Crippen molar-refractivity contribution in [3.8, 4) is 0 Å². The molecule has 2 rings (SSSR count). The molecule has 21 heavy (non-hydrogen) atoms. The van der Waals surface area contributed by atoms with Crippen molar-refractivity contribution >= 4 is 0 Å². The first-order valence-electron chi connectivity index (χ1n) is 8.85. The van der Waals surface area contributed by atoms with Crippen LogP contribution in [0.2, 0.25) is 0 Å². The Hall–Kier alpha value is -0.820. The van der Waals surface area contributed by atoms with E-state index in [0.717, 1.165) is 24.8 Å². The Morgan fingerprint density at radius 1 is 1.24 bits per heavy atom. The average Bonchev–Trinajstić information content (AvgIpc) is 2.48.